The fourth-order valence-corrected chi connectivity index (χ4v) is 3.62. The molecule has 2 atom stereocenters. The van der Waals surface area contributed by atoms with Crippen molar-refractivity contribution >= 4 is 29.7 Å². The number of unbranched alkanes of at least 4 members (excludes halogenated alkanes) is 1. The maximum absolute atomic E-state index is 12.0. The molecule has 0 radical (unpaired) electrons. The molecule has 1 fully saturated rings. The Balaban J connectivity index is 1.78. The number of nitrogens with one attached hydrogen (secondary N) is 1. The van der Waals surface area contributed by atoms with E-state index in [1.165, 1.54) is 16.7 Å². The molecule has 1 saturated heterocycles. The van der Waals surface area contributed by atoms with Gasteiger partial charge in [-0.3, -0.25) is 14.9 Å². The van der Waals surface area contributed by atoms with Gasteiger partial charge in [0, 0.05) is 6.54 Å². The summed E-state index contributed by atoms with van der Waals surface area (Å²) in [5.41, 5.74) is 0.783. The van der Waals surface area contributed by atoms with Gasteiger partial charge in [0.25, 0.3) is 5.91 Å². The molecule has 142 valence electrons. The predicted molar refractivity (Wildman–Crippen MR) is 98.9 cm³/mol. The molecule has 3 amide bonds. The summed E-state index contributed by atoms with van der Waals surface area (Å²) in [6.45, 7) is 0.298. The molecule has 2 rings (SSSR count). The zero-order valence-corrected chi connectivity index (χ0v) is 15.3. The fourth-order valence-electron chi connectivity index (χ4n) is 2.89. The van der Waals surface area contributed by atoms with Crippen LogP contribution in [0.5, 0.6) is 0 Å². The Hall–Kier alpha value is -2.06. The molecular formula is C18H24N2O5S. The summed E-state index contributed by atoms with van der Waals surface area (Å²) in [4.78, 5) is 35.9. The zero-order valence-electron chi connectivity index (χ0n) is 14.5. The molecule has 1 aliphatic heterocycles. The van der Waals surface area contributed by atoms with Crippen molar-refractivity contribution in [2.24, 2.45) is 0 Å². The molecule has 0 aromatic heterocycles. The predicted octanol–water partition coefficient (Wildman–Crippen LogP) is 2.02. The van der Waals surface area contributed by atoms with E-state index >= 15 is 0 Å². The monoisotopic (exact) mass is 380 g/mol. The van der Waals surface area contributed by atoms with Gasteiger partial charge in [0.05, 0.1) is 11.9 Å². The van der Waals surface area contributed by atoms with Crippen LogP contribution in [0.4, 0.5) is 4.79 Å². The van der Waals surface area contributed by atoms with E-state index in [-0.39, 0.29) is 11.7 Å². The highest BCUT2D eigenvalue weighted by Crippen LogP contribution is 2.21. The topological polar surface area (TPSA) is 107 Å². The number of amides is 3. The van der Waals surface area contributed by atoms with Gasteiger partial charge in [0.2, 0.25) is 0 Å². The molecule has 26 heavy (non-hydrogen) atoms. The van der Waals surface area contributed by atoms with Crippen molar-refractivity contribution in [1.29, 1.82) is 0 Å². The van der Waals surface area contributed by atoms with Crippen LogP contribution in [0.2, 0.25) is 0 Å². The molecule has 3 N–H and O–H groups in total. The summed E-state index contributed by atoms with van der Waals surface area (Å²) in [5.74, 6) is -0.353. The first-order valence-electron chi connectivity index (χ1n) is 8.63. The number of aliphatic hydroxyl groups excluding tert-OH is 1. The number of imide groups is 1. The lowest BCUT2D eigenvalue weighted by Gasteiger charge is -2.23. The molecule has 1 heterocycles. The summed E-state index contributed by atoms with van der Waals surface area (Å²) < 4.78 is 0. The Labute approximate surface area is 156 Å². The first kappa shape index (κ1) is 20.3. The van der Waals surface area contributed by atoms with E-state index in [2.05, 4.69) is 5.32 Å². The summed E-state index contributed by atoms with van der Waals surface area (Å²) >= 11 is 1.34. The molecule has 8 heteroatoms. The van der Waals surface area contributed by atoms with Crippen LogP contribution in [0.3, 0.4) is 0 Å². The van der Waals surface area contributed by atoms with Crippen LogP contribution in [0.1, 0.15) is 37.4 Å². The molecule has 1 aliphatic rings. The van der Waals surface area contributed by atoms with E-state index in [1.807, 2.05) is 30.3 Å². The molecule has 0 spiro atoms. The van der Waals surface area contributed by atoms with E-state index in [4.69, 9.17) is 5.11 Å². The highest BCUT2D eigenvalue weighted by atomic mass is 32.2. The van der Waals surface area contributed by atoms with Crippen LogP contribution in [0.25, 0.3) is 0 Å². The third kappa shape index (κ3) is 6.03. The van der Waals surface area contributed by atoms with Crippen LogP contribution in [-0.2, 0) is 9.59 Å². The number of carbonyl (C=O) groups excluding carboxylic acids is 2. The van der Waals surface area contributed by atoms with E-state index in [1.54, 1.807) is 0 Å². The lowest BCUT2D eigenvalue weighted by Crippen LogP contribution is -2.36. The Kier molecular flexibility index (Phi) is 7.93. The second-order valence-electron chi connectivity index (χ2n) is 6.16. The third-order valence-electron chi connectivity index (χ3n) is 4.24. The Morgan fingerprint density at radius 1 is 1.23 bits per heavy atom. The van der Waals surface area contributed by atoms with Gasteiger partial charge in [0.1, 0.15) is 6.04 Å². The number of urea groups is 1. The van der Waals surface area contributed by atoms with E-state index in [9.17, 15) is 19.5 Å². The van der Waals surface area contributed by atoms with Crippen LogP contribution in [-0.4, -0.2) is 57.1 Å². The lowest BCUT2D eigenvalue weighted by molar-refractivity contribution is -0.134. The van der Waals surface area contributed by atoms with Crippen LogP contribution in [0.15, 0.2) is 30.3 Å². The number of carboxylic acids is 1. The number of nitrogens with zero attached hydrogens (tertiary/aromatic N) is 1. The van der Waals surface area contributed by atoms with Gasteiger partial charge in [-0.25, -0.2) is 4.79 Å². The van der Waals surface area contributed by atoms with Gasteiger partial charge >= 0.3 is 12.0 Å². The number of aliphatic carboxylic acids is 1. The van der Waals surface area contributed by atoms with Gasteiger partial charge in [0.15, 0.2) is 0 Å². The van der Waals surface area contributed by atoms with Gasteiger partial charge in [-0.05, 0) is 30.6 Å². The van der Waals surface area contributed by atoms with Crippen LogP contribution >= 0.6 is 11.8 Å². The van der Waals surface area contributed by atoms with Crippen LogP contribution in [0, 0.1) is 0 Å². The number of carboxylic acid groups (broad SMARTS) is 1. The summed E-state index contributed by atoms with van der Waals surface area (Å²) in [6.07, 6.45) is 1.72. The number of rotatable bonds is 11. The van der Waals surface area contributed by atoms with E-state index < -0.39 is 24.1 Å². The maximum Gasteiger partial charge on any atom is 0.324 e. The lowest BCUT2D eigenvalue weighted by atomic mass is 10.1. The standard InChI is InChI=1S/C18H24N2O5S/c21-15(13-6-2-1-3-7-13)9-10-20-14(17(24)19-18(20)25)8-4-5-11-26-12-16(22)23/h1-3,6-7,14-15,21H,4-5,8-12H2,(H,22,23)(H,19,24,25). The van der Waals surface area contributed by atoms with Crippen molar-refractivity contribution < 1.29 is 24.6 Å². The molecule has 1 aromatic carbocycles. The average molecular weight is 380 g/mol. The minimum absolute atomic E-state index is 0.0753. The van der Waals surface area contributed by atoms with Crippen molar-refractivity contribution in [3.05, 3.63) is 35.9 Å². The van der Waals surface area contributed by atoms with Crippen molar-refractivity contribution in [2.75, 3.05) is 18.1 Å². The Morgan fingerprint density at radius 3 is 2.65 bits per heavy atom. The van der Waals surface area contributed by atoms with Crippen molar-refractivity contribution in [3.8, 4) is 0 Å². The van der Waals surface area contributed by atoms with E-state index in [0.29, 0.717) is 25.1 Å². The second kappa shape index (κ2) is 10.2. The average Bonchev–Trinajstić information content (AvgIpc) is 2.89. The van der Waals surface area contributed by atoms with Crippen LogP contribution < -0.4 is 5.32 Å². The Bertz CT molecular complexity index is 625. The number of thioether (sulfide) groups is 1. The second-order valence-corrected chi connectivity index (χ2v) is 7.27. The number of aliphatic hydroxyl groups is 1. The molecule has 7 nitrogen and oxygen atoms in total. The van der Waals surface area contributed by atoms with Gasteiger partial charge < -0.3 is 15.1 Å². The number of hydrogen-bond donors (Lipinski definition) is 3. The van der Waals surface area contributed by atoms with E-state index in [0.717, 1.165) is 18.4 Å². The molecule has 1 aromatic rings. The molecule has 2 unspecified atom stereocenters. The van der Waals surface area contributed by atoms with Crippen molar-refractivity contribution in [2.45, 2.75) is 37.8 Å². The maximum atomic E-state index is 12.0. The van der Waals surface area contributed by atoms with Gasteiger partial charge in [-0.15, -0.1) is 0 Å². The smallest absolute Gasteiger partial charge is 0.324 e. The third-order valence-corrected chi connectivity index (χ3v) is 5.27. The quantitative estimate of drug-likeness (QED) is 0.400. The summed E-state index contributed by atoms with van der Waals surface area (Å²) in [5, 5.41) is 21.2. The SMILES string of the molecule is O=C(O)CSCCCCC1C(=O)NC(=O)N1CCC(O)c1ccccc1. The van der Waals surface area contributed by atoms with Gasteiger partial charge in [-0.1, -0.05) is 36.8 Å². The number of carbonyl (C=O) groups is 3. The summed E-state index contributed by atoms with van der Waals surface area (Å²) in [6, 6.07) is 8.27. The van der Waals surface area contributed by atoms with Gasteiger partial charge in [-0.2, -0.15) is 11.8 Å². The highest BCUT2D eigenvalue weighted by Gasteiger charge is 2.37. The highest BCUT2D eigenvalue weighted by molar-refractivity contribution is 7.99. The minimum atomic E-state index is -0.834. The largest absolute Gasteiger partial charge is 0.481 e. The van der Waals surface area contributed by atoms with Crippen molar-refractivity contribution in [1.82, 2.24) is 10.2 Å². The molecule has 0 aliphatic carbocycles. The first-order valence-corrected chi connectivity index (χ1v) is 9.78. The zero-order chi connectivity index (χ0) is 18.9. The fraction of sp³-hybridized carbons (Fsp3) is 0.500. The summed E-state index contributed by atoms with van der Waals surface area (Å²) in [7, 11) is 0. The normalized spacial score (nSPS) is 18.0. The van der Waals surface area contributed by atoms with Crippen molar-refractivity contribution in [3.63, 3.8) is 0 Å². The minimum Gasteiger partial charge on any atom is -0.481 e. The number of benzene rings is 1. The molecule has 0 bridgehead atoms. The molecule has 0 saturated carbocycles. The Morgan fingerprint density at radius 2 is 1.96 bits per heavy atom. The molecular weight excluding hydrogens is 356 g/mol. The first-order chi connectivity index (χ1) is 12.5. The number of hydrogen-bond acceptors (Lipinski definition) is 5.